The molecule has 3 aliphatic heterocycles. The third kappa shape index (κ3) is 9.55. The fourth-order valence-electron chi connectivity index (χ4n) is 12.7. The zero-order chi connectivity index (χ0) is 45.1. The number of piperidine rings is 2. The molecule has 346 valence electrons. The van der Waals surface area contributed by atoms with E-state index in [2.05, 4.69) is 141 Å². The van der Waals surface area contributed by atoms with Crippen molar-refractivity contribution >= 4 is 28.5 Å². The van der Waals surface area contributed by atoms with Crippen molar-refractivity contribution in [2.24, 2.45) is 11.8 Å². The Morgan fingerprint density at radius 3 is 2.10 bits per heavy atom. The molecule has 6 aromatic rings. The minimum absolute atomic E-state index is 0.189. The standard InChI is InChI=1S/C58H66N6O3/c65-56-26-25-55(58(66)60-56)64-40-59-52-36-44(20-24-54(52)64)42-27-29-61(30-28-42)37-46-15-7-8-16-47(46)38-62-31-33-63(34-32-62)53-18-10-9-17-51(53)57-49(43-13-5-2-6-14-43)22-19-45-35-48(21-23-50(45)57)67-39-41-11-3-1-4-12-41/h1-6,9-14,17-18,20-21,23-24,35-36,40,42,46-47,49,55,57H,7-8,15-16,19,22,25-34,37-39H2,(H,60,65,66)/t46-,47-,49+,55?,57+/m0/s1. The smallest absolute Gasteiger partial charge is 0.249 e. The van der Waals surface area contributed by atoms with Gasteiger partial charge in [0.05, 0.1) is 17.4 Å². The molecule has 5 atom stereocenters. The molecule has 5 aliphatic rings. The number of para-hydroxylation sites is 1. The number of benzene rings is 5. The molecule has 0 spiro atoms. The number of amides is 2. The van der Waals surface area contributed by atoms with E-state index in [4.69, 9.17) is 9.72 Å². The molecule has 67 heavy (non-hydrogen) atoms. The van der Waals surface area contributed by atoms with Gasteiger partial charge in [0.25, 0.3) is 0 Å². The molecule has 1 N–H and O–H groups in total. The Labute approximate surface area is 396 Å². The maximum atomic E-state index is 12.6. The second kappa shape index (κ2) is 19.8. The predicted molar refractivity (Wildman–Crippen MR) is 267 cm³/mol. The summed E-state index contributed by atoms with van der Waals surface area (Å²) in [6.07, 6.45) is 12.6. The number of carbonyl (C=O) groups excluding carboxylic acids is 2. The number of carbonyl (C=O) groups is 2. The molecule has 1 aromatic heterocycles. The summed E-state index contributed by atoms with van der Waals surface area (Å²) >= 11 is 0. The number of fused-ring (bicyclic) bond motifs is 2. The van der Waals surface area contributed by atoms with Crippen molar-refractivity contribution in [1.29, 1.82) is 0 Å². The van der Waals surface area contributed by atoms with Gasteiger partial charge < -0.3 is 19.1 Å². The van der Waals surface area contributed by atoms with Crippen molar-refractivity contribution in [3.05, 3.63) is 161 Å². The highest BCUT2D eigenvalue weighted by Gasteiger charge is 2.36. The lowest BCUT2D eigenvalue weighted by molar-refractivity contribution is -0.135. The van der Waals surface area contributed by atoms with Crippen LogP contribution < -0.4 is 15.0 Å². The molecule has 0 bridgehead atoms. The number of rotatable bonds is 12. The van der Waals surface area contributed by atoms with Gasteiger partial charge in [0.1, 0.15) is 18.4 Å². The van der Waals surface area contributed by atoms with Crippen LogP contribution in [-0.4, -0.2) is 83.5 Å². The number of hydrogen-bond donors (Lipinski definition) is 1. The molecule has 2 amide bonds. The zero-order valence-corrected chi connectivity index (χ0v) is 39.0. The SMILES string of the molecule is O=C1CCC(n2cnc3cc(C4CCN(C[C@@H]5CCCC[C@H]5CN5CCN(c6ccccc6[C@H]6c7ccc(OCc8ccccc8)cc7CC[C@@H]6c6ccccc6)CC5)CC4)ccc32)C(=O)N1. The van der Waals surface area contributed by atoms with Crippen LogP contribution in [0, 0.1) is 11.8 Å². The molecule has 2 aliphatic carbocycles. The summed E-state index contributed by atoms with van der Waals surface area (Å²) < 4.78 is 8.30. The molecule has 1 saturated carbocycles. The Bertz CT molecular complexity index is 2650. The maximum Gasteiger partial charge on any atom is 0.249 e. The van der Waals surface area contributed by atoms with Crippen molar-refractivity contribution in [3.8, 4) is 5.75 Å². The third-order valence-corrected chi connectivity index (χ3v) is 16.3. The molecule has 11 rings (SSSR count). The first-order chi connectivity index (χ1) is 33.0. The molecule has 1 unspecified atom stereocenters. The fraction of sp³-hybridized carbons (Fsp3) is 0.431. The van der Waals surface area contributed by atoms with E-state index < -0.39 is 0 Å². The van der Waals surface area contributed by atoms with Crippen LogP contribution in [0.25, 0.3) is 11.0 Å². The highest BCUT2D eigenvalue weighted by atomic mass is 16.5. The number of ether oxygens (including phenoxy) is 1. The van der Waals surface area contributed by atoms with E-state index in [0.717, 1.165) is 80.7 Å². The van der Waals surface area contributed by atoms with Gasteiger partial charge in [-0.15, -0.1) is 0 Å². The van der Waals surface area contributed by atoms with Crippen LogP contribution in [-0.2, 0) is 22.6 Å². The number of piperazine rings is 1. The number of anilines is 1. The van der Waals surface area contributed by atoms with Crippen LogP contribution in [0.15, 0.2) is 128 Å². The quantitative estimate of drug-likeness (QED) is 0.123. The molecular formula is C58H66N6O3. The molecule has 9 nitrogen and oxygen atoms in total. The molecule has 5 aromatic carbocycles. The van der Waals surface area contributed by atoms with Crippen LogP contribution in [0.2, 0.25) is 0 Å². The average Bonchev–Trinajstić information content (AvgIpc) is 3.80. The van der Waals surface area contributed by atoms with Gasteiger partial charge in [-0.2, -0.15) is 0 Å². The lowest BCUT2D eigenvalue weighted by Gasteiger charge is -2.43. The van der Waals surface area contributed by atoms with E-state index >= 15 is 0 Å². The number of nitrogens with zero attached hydrogens (tertiary/aromatic N) is 5. The summed E-state index contributed by atoms with van der Waals surface area (Å²) in [4.78, 5) is 37.3. The topological polar surface area (TPSA) is 82.9 Å². The summed E-state index contributed by atoms with van der Waals surface area (Å²) in [5.74, 6) is 3.28. The lowest BCUT2D eigenvalue weighted by Crippen LogP contribution is -2.50. The molecule has 4 heterocycles. The Morgan fingerprint density at radius 2 is 1.34 bits per heavy atom. The zero-order valence-electron chi connectivity index (χ0n) is 39.0. The number of imidazole rings is 1. The molecule has 4 fully saturated rings. The highest BCUT2D eigenvalue weighted by Crippen LogP contribution is 2.49. The normalized spacial score (nSPS) is 24.4. The van der Waals surface area contributed by atoms with Gasteiger partial charge in [0, 0.05) is 57.3 Å². The van der Waals surface area contributed by atoms with Crippen molar-refractivity contribution < 1.29 is 14.3 Å². The fourth-order valence-corrected chi connectivity index (χ4v) is 12.7. The largest absolute Gasteiger partial charge is 0.489 e. The predicted octanol–water partition coefficient (Wildman–Crippen LogP) is 10.3. The second-order valence-electron chi connectivity index (χ2n) is 20.3. The first-order valence-electron chi connectivity index (χ1n) is 25.4. The first-order valence-corrected chi connectivity index (χ1v) is 25.4. The maximum absolute atomic E-state index is 12.6. The number of aromatic nitrogens is 2. The lowest BCUT2D eigenvalue weighted by atomic mass is 9.69. The van der Waals surface area contributed by atoms with Gasteiger partial charge in [0.15, 0.2) is 0 Å². The van der Waals surface area contributed by atoms with Gasteiger partial charge in [-0.1, -0.05) is 104 Å². The molecule has 9 heteroatoms. The van der Waals surface area contributed by atoms with Crippen LogP contribution in [0.4, 0.5) is 5.69 Å². The van der Waals surface area contributed by atoms with E-state index in [9.17, 15) is 9.59 Å². The number of aryl methyl sites for hydroxylation is 1. The highest BCUT2D eigenvalue weighted by molar-refractivity contribution is 6.00. The third-order valence-electron chi connectivity index (χ3n) is 16.3. The van der Waals surface area contributed by atoms with Crippen LogP contribution in [0.1, 0.15) is 115 Å². The van der Waals surface area contributed by atoms with E-state index in [1.807, 2.05) is 4.57 Å². The molecular weight excluding hydrogens is 829 g/mol. The summed E-state index contributed by atoms with van der Waals surface area (Å²) in [7, 11) is 0. The van der Waals surface area contributed by atoms with E-state index in [0.29, 0.717) is 31.3 Å². The average molecular weight is 895 g/mol. The van der Waals surface area contributed by atoms with E-state index in [-0.39, 0.29) is 23.8 Å². The van der Waals surface area contributed by atoms with Crippen molar-refractivity contribution in [3.63, 3.8) is 0 Å². The summed E-state index contributed by atoms with van der Waals surface area (Å²) in [6, 6.07) is 44.2. The van der Waals surface area contributed by atoms with E-state index in [1.54, 1.807) is 6.33 Å². The number of hydrogen-bond acceptors (Lipinski definition) is 7. The van der Waals surface area contributed by atoms with Crippen LogP contribution >= 0.6 is 0 Å². The van der Waals surface area contributed by atoms with Crippen LogP contribution in [0.3, 0.4) is 0 Å². The Kier molecular flexibility index (Phi) is 13.0. The number of likely N-dealkylation sites (tertiary alicyclic amines) is 1. The Hall–Kier alpha value is -5.77. The van der Waals surface area contributed by atoms with Crippen LogP contribution in [0.5, 0.6) is 5.75 Å². The van der Waals surface area contributed by atoms with Gasteiger partial charge >= 0.3 is 0 Å². The van der Waals surface area contributed by atoms with Crippen molar-refractivity contribution in [1.82, 2.24) is 24.7 Å². The summed E-state index contributed by atoms with van der Waals surface area (Å²) in [5, 5.41) is 2.50. The summed E-state index contributed by atoms with van der Waals surface area (Å²) in [5.41, 5.74) is 11.6. The minimum atomic E-state index is -0.381. The minimum Gasteiger partial charge on any atom is -0.489 e. The van der Waals surface area contributed by atoms with Gasteiger partial charge in [-0.25, -0.2) is 4.98 Å². The van der Waals surface area contributed by atoms with Gasteiger partial charge in [-0.05, 0) is 145 Å². The summed E-state index contributed by atoms with van der Waals surface area (Å²) in [6.45, 7) is 9.68. The second-order valence-corrected chi connectivity index (χ2v) is 20.3. The Balaban J connectivity index is 0.720. The van der Waals surface area contributed by atoms with E-state index in [1.165, 1.54) is 90.7 Å². The molecule has 3 saturated heterocycles. The van der Waals surface area contributed by atoms with Crippen molar-refractivity contribution in [2.45, 2.75) is 94.6 Å². The number of nitrogens with one attached hydrogen (secondary N) is 1. The Morgan fingerprint density at radius 1 is 0.627 bits per heavy atom. The van der Waals surface area contributed by atoms with Gasteiger partial charge in [-0.3, -0.25) is 19.8 Å². The van der Waals surface area contributed by atoms with Crippen molar-refractivity contribution in [2.75, 3.05) is 57.3 Å². The van der Waals surface area contributed by atoms with Gasteiger partial charge in [0.2, 0.25) is 11.8 Å². The number of imide groups is 1. The first kappa shape index (κ1) is 43.8. The monoisotopic (exact) mass is 895 g/mol. The molecule has 0 radical (unpaired) electrons.